The molecule has 3 N–H and O–H groups in total. The van der Waals surface area contributed by atoms with Gasteiger partial charge >= 0.3 is 0 Å². The highest BCUT2D eigenvalue weighted by molar-refractivity contribution is 7.86. The average molecular weight is 468 g/mol. The zero-order chi connectivity index (χ0) is 22.8. The van der Waals surface area contributed by atoms with Crippen LogP contribution < -0.4 is 9.64 Å². The summed E-state index contributed by atoms with van der Waals surface area (Å²) in [5.41, 5.74) is -0.334. The lowest BCUT2D eigenvalue weighted by molar-refractivity contribution is 0.0503. The lowest BCUT2D eigenvalue weighted by Gasteiger charge is -2.47. The number of hydrogen-bond acceptors (Lipinski definition) is 7. The number of nitrogens with zero attached hydrogens (tertiary/aromatic N) is 1. The van der Waals surface area contributed by atoms with Crippen molar-refractivity contribution in [2.45, 2.75) is 34.8 Å². The molecular weight excluding hydrogens is 446 g/mol. The Kier molecular flexibility index (Phi) is 4.76. The summed E-state index contributed by atoms with van der Waals surface area (Å²) in [7, 11) is -8.80. The molecule has 11 heteroatoms. The van der Waals surface area contributed by atoms with Crippen LogP contribution in [0.4, 0.5) is 5.69 Å². The predicted molar refractivity (Wildman–Crippen MR) is 112 cm³/mol. The number of ether oxygens (including phenoxy) is 1. The molecule has 1 unspecified atom stereocenters. The fourth-order valence-electron chi connectivity index (χ4n) is 4.30. The maximum absolute atomic E-state index is 11.7. The summed E-state index contributed by atoms with van der Waals surface area (Å²) < 4.78 is 71.4. The summed E-state index contributed by atoms with van der Waals surface area (Å²) in [6.07, 6.45) is 3.38. The molecule has 0 radical (unpaired) electrons. The van der Waals surface area contributed by atoms with Gasteiger partial charge in [-0.3, -0.25) is 9.11 Å². The second-order valence-electron chi connectivity index (χ2n) is 7.96. The average Bonchev–Trinajstić information content (AvgIpc) is 2.85. The van der Waals surface area contributed by atoms with Crippen LogP contribution >= 0.6 is 0 Å². The number of anilines is 1. The second-order valence-corrected chi connectivity index (χ2v) is 10.8. The SMILES string of the molecule is CC1(C)c2cc(S(=O)(=O)O)ccc2N(CCO)C12C=Cc1cc(S(=O)(=O)O)ccc1O2. The first-order valence-electron chi connectivity index (χ1n) is 9.31. The number of rotatable bonds is 4. The molecule has 2 aromatic carbocycles. The van der Waals surface area contributed by atoms with E-state index in [1.807, 2.05) is 13.8 Å². The smallest absolute Gasteiger partial charge is 0.294 e. The van der Waals surface area contributed by atoms with E-state index in [-0.39, 0.29) is 22.9 Å². The van der Waals surface area contributed by atoms with Crippen molar-refractivity contribution in [2.75, 3.05) is 18.1 Å². The van der Waals surface area contributed by atoms with Gasteiger partial charge in [-0.1, -0.05) is 0 Å². The quantitative estimate of drug-likeness (QED) is 0.576. The number of aliphatic hydroxyl groups excluding tert-OH is 1. The highest BCUT2D eigenvalue weighted by Crippen LogP contribution is 2.55. The molecule has 2 aromatic rings. The van der Waals surface area contributed by atoms with E-state index < -0.39 is 31.4 Å². The highest BCUT2D eigenvalue weighted by atomic mass is 32.2. The van der Waals surface area contributed by atoms with Crippen LogP contribution in [0, 0.1) is 0 Å². The Balaban J connectivity index is 1.89. The van der Waals surface area contributed by atoms with E-state index in [2.05, 4.69) is 0 Å². The molecule has 2 aliphatic rings. The van der Waals surface area contributed by atoms with Crippen molar-refractivity contribution in [1.29, 1.82) is 0 Å². The van der Waals surface area contributed by atoms with Gasteiger partial charge in [-0.15, -0.1) is 0 Å². The van der Waals surface area contributed by atoms with Crippen LogP contribution in [0.3, 0.4) is 0 Å². The molecule has 166 valence electrons. The third kappa shape index (κ3) is 3.24. The lowest BCUT2D eigenvalue weighted by atomic mass is 9.76. The predicted octanol–water partition coefficient (Wildman–Crippen LogP) is 2.07. The monoisotopic (exact) mass is 467 g/mol. The van der Waals surface area contributed by atoms with Gasteiger partial charge in [-0.05, 0) is 68.0 Å². The van der Waals surface area contributed by atoms with Crippen LogP contribution in [0.1, 0.15) is 25.0 Å². The van der Waals surface area contributed by atoms with Crippen molar-refractivity contribution in [3.8, 4) is 5.75 Å². The third-order valence-electron chi connectivity index (χ3n) is 5.88. The summed E-state index contributed by atoms with van der Waals surface area (Å²) in [5, 5.41) is 9.69. The lowest BCUT2D eigenvalue weighted by Crippen LogP contribution is -2.60. The molecule has 0 aliphatic carbocycles. The maximum Gasteiger partial charge on any atom is 0.294 e. The first kappa shape index (κ1) is 21.8. The molecule has 0 aromatic heterocycles. The molecule has 1 atom stereocenters. The van der Waals surface area contributed by atoms with Gasteiger partial charge in [-0.2, -0.15) is 16.8 Å². The fourth-order valence-corrected chi connectivity index (χ4v) is 5.33. The molecule has 0 bridgehead atoms. The van der Waals surface area contributed by atoms with Crippen molar-refractivity contribution in [1.82, 2.24) is 0 Å². The van der Waals surface area contributed by atoms with E-state index >= 15 is 0 Å². The molecule has 4 rings (SSSR count). The zero-order valence-electron chi connectivity index (χ0n) is 16.7. The van der Waals surface area contributed by atoms with E-state index in [9.17, 15) is 31.0 Å². The molecule has 2 heterocycles. The minimum atomic E-state index is -4.42. The first-order chi connectivity index (χ1) is 14.3. The van der Waals surface area contributed by atoms with Gasteiger partial charge < -0.3 is 14.7 Å². The van der Waals surface area contributed by atoms with Crippen molar-refractivity contribution < 1.29 is 35.8 Å². The van der Waals surface area contributed by atoms with E-state index in [4.69, 9.17) is 4.74 Å². The van der Waals surface area contributed by atoms with Crippen molar-refractivity contribution in [2.24, 2.45) is 0 Å². The van der Waals surface area contributed by atoms with Crippen molar-refractivity contribution in [3.63, 3.8) is 0 Å². The molecule has 0 saturated carbocycles. The van der Waals surface area contributed by atoms with Crippen LogP contribution in [0.25, 0.3) is 6.08 Å². The number of fused-ring (bicyclic) bond motifs is 2. The van der Waals surface area contributed by atoms with Gasteiger partial charge in [-0.25, -0.2) is 0 Å². The zero-order valence-corrected chi connectivity index (χ0v) is 18.3. The van der Waals surface area contributed by atoms with E-state index in [0.717, 1.165) is 0 Å². The van der Waals surface area contributed by atoms with Gasteiger partial charge in [0.2, 0.25) is 5.72 Å². The Morgan fingerprint density at radius 2 is 1.58 bits per heavy atom. The minimum absolute atomic E-state index is 0.171. The largest absolute Gasteiger partial charge is 0.463 e. The normalized spacial score (nSPS) is 21.6. The van der Waals surface area contributed by atoms with Crippen molar-refractivity contribution in [3.05, 3.63) is 53.6 Å². The summed E-state index contributed by atoms with van der Waals surface area (Å²) in [5.74, 6) is 0.355. The minimum Gasteiger partial charge on any atom is -0.463 e. The second kappa shape index (κ2) is 6.78. The molecule has 0 fully saturated rings. The fraction of sp³-hybridized carbons (Fsp3) is 0.300. The van der Waals surface area contributed by atoms with Crippen LogP contribution in [-0.2, 0) is 25.7 Å². The van der Waals surface area contributed by atoms with Crippen LogP contribution in [0.2, 0.25) is 0 Å². The van der Waals surface area contributed by atoms with Gasteiger partial charge in [0.1, 0.15) is 5.75 Å². The van der Waals surface area contributed by atoms with Gasteiger partial charge in [0.25, 0.3) is 20.2 Å². The standard InChI is InChI=1S/C20H21NO8S2/c1-19(2)16-12-15(31(26,27)28)3-5-17(16)21(9-10-22)20(19)8-7-13-11-14(30(23,24)25)4-6-18(13)29-20/h3-8,11-12,22H,9-10H2,1-2H3,(H,23,24,25)(H,26,27,28). The summed E-state index contributed by atoms with van der Waals surface area (Å²) in [6, 6.07) is 8.17. The summed E-state index contributed by atoms with van der Waals surface area (Å²) >= 11 is 0. The molecule has 31 heavy (non-hydrogen) atoms. The van der Waals surface area contributed by atoms with E-state index in [1.165, 1.54) is 30.3 Å². The van der Waals surface area contributed by atoms with E-state index in [0.29, 0.717) is 22.6 Å². The van der Waals surface area contributed by atoms with Crippen LogP contribution in [-0.4, -0.2) is 49.9 Å². The Labute approximate surface area is 180 Å². The number of hydrogen-bond donors (Lipinski definition) is 3. The Bertz CT molecular complexity index is 1310. The summed E-state index contributed by atoms with van der Waals surface area (Å²) in [6.45, 7) is 3.66. The Morgan fingerprint density at radius 1 is 0.968 bits per heavy atom. The van der Waals surface area contributed by atoms with Crippen LogP contribution in [0.5, 0.6) is 5.75 Å². The van der Waals surface area contributed by atoms with Gasteiger partial charge in [0, 0.05) is 17.8 Å². The molecule has 1 spiro atoms. The maximum atomic E-state index is 11.7. The highest BCUT2D eigenvalue weighted by Gasteiger charge is 2.58. The molecule has 9 nitrogen and oxygen atoms in total. The van der Waals surface area contributed by atoms with Gasteiger partial charge in [0.15, 0.2) is 0 Å². The number of aliphatic hydroxyl groups is 1. The van der Waals surface area contributed by atoms with Crippen LogP contribution in [0.15, 0.2) is 52.3 Å². The molecule has 0 saturated heterocycles. The van der Waals surface area contributed by atoms with E-state index in [1.54, 1.807) is 23.1 Å². The first-order valence-corrected chi connectivity index (χ1v) is 12.2. The third-order valence-corrected chi connectivity index (χ3v) is 7.58. The van der Waals surface area contributed by atoms with Crippen molar-refractivity contribution >= 4 is 32.0 Å². The number of β-amino-alcohol motifs (C(OH)–C–C–N with tert-alkyl or cyclic N) is 1. The summed E-state index contributed by atoms with van der Waals surface area (Å²) in [4.78, 5) is 1.28. The molecule has 2 aliphatic heterocycles. The Hall–Kier alpha value is -2.44. The number of benzene rings is 2. The Morgan fingerprint density at radius 3 is 2.19 bits per heavy atom. The molecular formula is C20H21NO8S2. The molecule has 0 amide bonds. The van der Waals surface area contributed by atoms with Gasteiger partial charge in [0.05, 0.1) is 21.8 Å². The topological polar surface area (TPSA) is 141 Å².